The van der Waals surface area contributed by atoms with Crippen molar-refractivity contribution in [2.24, 2.45) is 5.92 Å². The molecular weight excluding hydrogens is 260 g/mol. The van der Waals surface area contributed by atoms with Crippen molar-refractivity contribution in [3.63, 3.8) is 0 Å². The summed E-state index contributed by atoms with van der Waals surface area (Å²) in [6.45, 7) is 7.84. The Labute approximate surface area is 128 Å². The zero-order valence-electron chi connectivity index (χ0n) is 13.6. The molecule has 3 rings (SSSR count). The maximum absolute atomic E-state index is 5.55. The normalized spacial score (nSPS) is 27.4. The first-order valence-corrected chi connectivity index (χ1v) is 8.28. The monoisotopic (exact) mass is 288 g/mol. The van der Waals surface area contributed by atoms with Gasteiger partial charge in [0.1, 0.15) is 5.75 Å². The molecule has 1 N–H and O–H groups in total. The molecule has 2 unspecified atom stereocenters. The Morgan fingerprint density at radius 3 is 2.81 bits per heavy atom. The van der Waals surface area contributed by atoms with Gasteiger partial charge in [0, 0.05) is 30.7 Å². The number of nitrogens with zero attached hydrogens (tertiary/aromatic N) is 1. The van der Waals surface area contributed by atoms with Crippen molar-refractivity contribution in [2.75, 3.05) is 20.2 Å². The lowest BCUT2D eigenvalue weighted by Gasteiger charge is -2.29. The van der Waals surface area contributed by atoms with Crippen molar-refractivity contribution < 1.29 is 4.74 Å². The molecular formula is C18H28N2O. The molecule has 1 aliphatic carbocycles. The first-order valence-electron chi connectivity index (χ1n) is 8.28. The van der Waals surface area contributed by atoms with Gasteiger partial charge in [-0.2, -0.15) is 0 Å². The molecule has 3 heteroatoms. The van der Waals surface area contributed by atoms with Crippen LogP contribution in [0.4, 0.5) is 0 Å². The Morgan fingerprint density at radius 1 is 1.29 bits per heavy atom. The molecule has 2 aliphatic rings. The van der Waals surface area contributed by atoms with Gasteiger partial charge in [0.15, 0.2) is 0 Å². The molecule has 1 aromatic rings. The molecule has 2 fully saturated rings. The largest absolute Gasteiger partial charge is 0.496 e. The van der Waals surface area contributed by atoms with Crippen LogP contribution in [-0.2, 0) is 6.54 Å². The molecule has 21 heavy (non-hydrogen) atoms. The van der Waals surface area contributed by atoms with Gasteiger partial charge in [-0.15, -0.1) is 0 Å². The second-order valence-electron chi connectivity index (χ2n) is 6.78. The van der Waals surface area contributed by atoms with Crippen molar-refractivity contribution >= 4 is 0 Å². The Balaban J connectivity index is 1.76. The number of ether oxygens (including phenoxy) is 1. The summed E-state index contributed by atoms with van der Waals surface area (Å²) < 4.78 is 5.55. The minimum absolute atomic E-state index is 0.631. The zero-order chi connectivity index (χ0) is 14.8. The predicted molar refractivity (Wildman–Crippen MR) is 86.7 cm³/mol. The molecule has 0 amide bonds. The van der Waals surface area contributed by atoms with Gasteiger partial charge >= 0.3 is 0 Å². The summed E-state index contributed by atoms with van der Waals surface area (Å²) in [7, 11) is 1.77. The summed E-state index contributed by atoms with van der Waals surface area (Å²) in [5.74, 6) is 1.94. The SMILES string of the molecule is COc1ccc(C)cc1CN1CC(C2CC2)NCCC1C. The van der Waals surface area contributed by atoms with Crippen molar-refractivity contribution in [1.29, 1.82) is 0 Å². The van der Waals surface area contributed by atoms with Crippen LogP contribution in [0.2, 0.25) is 0 Å². The molecule has 0 bridgehead atoms. The van der Waals surface area contributed by atoms with E-state index in [0.717, 1.165) is 24.8 Å². The Hall–Kier alpha value is -1.06. The van der Waals surface area contributed by atoms with Crippen LogP contribution in [0.25, 0.3) is 0 Å². The van der Waals surface area contributed by atoms with E-state index in [0.29, 0.717) is 12.1 Å². The summed E-state index contributed by atoms with van der Waals surface area (Å²) in [5.41, 5.74) is 2.63. The summed E-state index contributed by atoms with van der Waals surface area (Å²) in [5, 5.41) is 3.76. The third-order valence-corrected chi connectivity index (χ3v) is 5.02. The summed E-state index contributed by atoms with van der Waals surface area (Å²) >= 11 is 0. The van der Waals surface area contributed by atoms with Gasteiger partial charge in [-0.05, 0) is 51.6 Å². The summed E-state index contributed by atoms with van der Waals surface area (Å²) in [6.07, 6.45) is 4.05. The maximum Gasteiger partial charge on any atom is 0.123 e. The Bertz CT molecular complexity index is 484. The minimum Gasteiger partial charge on any atom is -0.496 e. The lowest BCUT2D eigenvalue weighted by molar-refractivity contribution is 0.188. The maximum atomic E-state index is 5.55. The lowest BCUT2D eigenvalue weighted by Crippen LogP contribution is -2.41. The van der Waals surface area contributed by atoms with Crippen LogP contribution >= 0.6 is 0 Å². The Morgan fingerprint density at radius 2 is 2.10 bits per heavy atom. The van der Waals surface area contributed by atoms with E-state index in [1.807, 2.05) is 0 Å². The fourth-order valence-electron chi connectivity index (χ4n) is 3.44. The lowest BCUT2D eigenvalue weighted by atomic mass is 10.1. The van der Waals surface area contributed by atoms with Crippen molar-refractivity contribution in [1.82, 2.24) is 10.2 Å². The standard InChI is InChI=1S/C18H28N2O/c1-13-4-7-18(21-3)16(10-13)11-20-12-17(15-5-6-15)19-9-8-14(20)2/h4,7,10,14-15,17,19H,5-6,8-9,11-12H2,1-3H3. The quantitative estimate of drug-likeness (QED) is 0.922. The zero-order valence-corrected chi connectivity index (χ0v) is 13.6. The van der Waals surface area contributed by atoms with Crippen LogP contribution in [0.5, 0.6) is 5.75 Å². The summed E-state index contributed by atoms with van der Waals surface area (Å²) in [4.78, 5) is 2.64. The average molecular weight is 288 g/mol. The van der Waals surface area contributed by atoms with Gasteiger partial charge in [-0.3, -0.25) is 4.90 Å². The predicted octanol–water partition coefficient (Wildman–Crippen LogP) is 2.97. The third kappa shape index (κ3) is 3.58. The summed E-state index contributed by atoms with van der Waals surface area (Å²) in [6, 6.07) is 7.82. The second-order valence-corrected chi connectivity index (χ2v) is 6.78. The smallest absolute Gasteiger partial charge is 0.123 e. The first-order chi connectivity index (χ1) is 10.2. The molecule has 1 aromatic carbocycles. The van der Waals surface area contributed by atoms with Gasteiger partial charge in [-0.25, -0.2) is 0 Å². The molecule has 1 aliphatic heterocycles. The molecule has 2 atom stereocenters. The number of benzene rings is 1. The fourth-order valence-corrected chi connectivity index (χ4v) is 3.44. The van der Waals surface area contributed by atoms with Gasteiger partial charge in [0.2, 0.25) is 0 Å². The molecule has 1 saturated carbocycles. The molecule has 0 spiro atoms. The van der Waals surface area contributed by atoms with Crippen LogP contribution < -0.4 is 10.1 Å². The highest BCUT2D eigenvalue weighted by Crippen LogP contribution is 2.34. The molecule has 0 radical (unpaired) electrons. The average Bonchev–Trinajstić information content (AvgIpc) is 3.29. The number of aryl methyl sites for hydroxylation is 1. The number of hydrogen-bond acceptors (Lipinski definition) is 3. The van der Waals surface area contributed by atoms with E-state index in [2.05, 4.69) is 42.3 Å². The topological polar surface area (TPSA) is 24.5 Å². The molecule has 1 saturated heterocycles. The van der Waals surface area contributed by atoms with E-state index in [1.165, 1.54) is 36.9 Å². The van der Waals surface area contributed by atoms with E-state index in [1.54, 1.807) is 7.11 Å². The molecule has 116 valence electrons. The fraction of sp³-hybridized carbons (Fsp3) is 0.667. The first kappa shape index (κ1) is 14.9. The van der Waals surface area contributed by atoms with E-state index >= 15 is 0 Å². The van der Waals surface area contributed by atoms with Crippen molar-refractivity contribution in [3.05, 3.63) is 29.3 Å². The Kier molecular flexibility index (Phi) is 4.51. The van der Waals surface area contributed by atoms with E-state index in [4.69, 9.17) is 4.74 Å². The number of nitrogens with one attached hydrogen (secondary N) is 1. The van der Waals surface area contributed by atoms with Crippen LogP contribution in [-0.4, -0.2) is 37.2 Å². The highest BCUT2D eigenvalue weighted by Gasteiger charge is 2.34. The van der Waals surface area contributed by atoms with Crippen LogP contribution in [0.3, 0.4) is 0 Å². The van der Waals surface area contributed by atoms with Gasteiger partial charge in [0.25, 0.3) is 0 Å². The van der Waals surface area contributed by atoms with Crippen LogP contribution in [0.1, 0.15) is 37.3 Å². The highest BCUT2D eigenvalue weighted by molar-refractivity contribution is 5.36. The molecule has 1 heterocycles. The molecule has 0 aromatic heterocycles. The number of hydrogen-bond donors (Lipinski definition) is 1. The van der Waals surface area contributed by atoms with Gasteiger partial charge in [-0.1, -0.05) is 17.7 Å². The van der Waals surface area contributed by atoms with E-state index in [-0.39, 0.29) is 0 Å². The minimum atomic E-state index is 0.631. The van der Waals surface area contributed by atoms with E-state index in [9.17, 15) is 0 Å². The van der Waals surface area contributed by atoms with Crippen LogP contribution in [0, 0.1) is 12.8 Å². The van der Waals surface area contributed by atoms with E-state index < -0.39 is 0 Å². The highest BCUT2D eigenvalue weighted by atomic mass is 16.5. The van der Waals surface area contributed by atoms with Crippen LogP contribution in [0.15, 0.2) is 18.2 Å². The number of methoxy groups -OCH3 is 1. The van der Waals surface area contributed by atoms with Crippen molar-refractivity contribution in [2.45, 2.75) is 51.7 Å². The van der Waals surface area contributed by atoms with Gasteiger partial charge < -0.3 is 10.1 Å². The third-order valence-electron chi connectivity index (χ3n) is 5.02. The molecule has 3 nitrogen and oxygen atoms in total. The van der Waals surface area contributed by atoms with Gasteiger partial charge in [0.05, 0.1) is 7.11 Å². The van der Waals surface area contributed by atoms with Crippen molar-refractivity contribution in [3.8, 4) is 5.75 Å². The second kappa shape index (κ2) is 6.37. The number of rotatable bonds is 4.